The molecule has 1 rings (SSSR count). The number of aromatic nitrogens is 1. The van der Waals surface area contributed by atoms with Gasteiger partial charge in [0.15, 0.2) is 0 Å². The first-order valence-corrected chi connectivity index (χ1v) is 7.74. The van der Waals surface area contributed by atoms with Crippen LogP contribution in [-0.2, 0) is 16.4 Å². The average molecular weight is 307 g/mol. The molecule has 0 saturated heterocycles. The standard InChI is InChI=1S/C10H15BrN2O2S/c1-8(7-16(2,14)15)12-6-10-4-3-9(11)5-13-10/h3-5,8,12H,6-7H2,1-2H3. The van der Waals surface area contributed by atoms with E-state index in [9.17, 15) is 8.42 Å². The third-order valence-electron chi connectivity index (χ3n) is 1.97. The van der Waals surface area contributed by atoms with E-state index in [1.54, 1.807) is 6.20 Å². The Bertz CT molecular complexity index is 431. The quantitative estimate of drug-likeness (QED) is 0.892. The predicted molar refractivity (Wildman–Crippen MR) is 67.9 cm³/mol. The van der Waals surface area contributed by atoms with Gasteiger partial charge in [-0.15, -0.1) is 0 Å². The van der Waals surface area contributed by atoms with E-state index >= 15 is 0 Å². The fraction of sp³-hybridized carbons (Fsp3) is 0.500. The van der Waals surface area contributed by atoms with E-state index in [2.05, 4.69) is 26.2 Å². The number of hydrogen-bond donors (Lipinski definition) is 1. The van der Waals surface area contributed by atoms with Crippen LogP contribution in [0.2, 0.25) is 0 Å². The monoisotopic (exact) mass is 306 g/mol. The van der Waals surface area contributed by atoms with Crippen molar-refractivity contribution in [2.75, 3.05) is 12.0 Å². The number of hydrogen-bond acceptors (Lipinski definition) is 4. The fourth-order valence-electron chi connectivity index (χ4n) is 1.30. The first-order chi connectivity index (χ1) is 7.37. The molecule has 1 aromatic heterocycles. The molecule has 0 amide bonds. The van der Waals surface area contributed by atoms with Gasteiger partial charge in [-0.3, -0.25) is 4.98 Å². The normalized spacial score (nSPS) is 13.7. The molecule has 0 radical (unpaired) electrons. The van der Waals surface area contributed by atoms with Crippen LogP contribution in [0, 0.1) is 0 Å². The highest BCUT2D eigenvalue weighted by molar-refractivity contribution is 9.10. The average Bonchev–Trinajstić information content (AvgIpc) is 2.14. The highest BCUT2D eigenvalue weighted by atomic mass is 79.9. The zero-order valence-corrected chi connectivity index (χ0v) is 11.7. The summed E-state index contributed by atoms with van der Waals surface area (Å²) >= 11 is 3.30. The first kappa shape index (κ1) is 13.6. The van der Waals surface area contributed by atoms with Crippen LogP contribution >= 0.6 is 15.9 Å². The summed E-state index contributed by atoms with van der Waals surface area (Å²) in [4.78, 5) is 4.19. The van der Waals surface area contributed by atoms with Crippen LogP contribution in [0.4, 0.5) is 0 Å². The molecule has 0 saturated carbocycles. The molecule has 1 heterocycles. The maximum absolute atomic E-state index is 11.0. The van der Waals surface area contributed by atoms with E-state index in [0.29, 0.717) is 6.54 Å². The Balaban J connectivity index is 2.43. The molecule has 0 aliphatic rings. The number of halogens is 1. The zero-order valence-electron chi connectivity index (χ0n) is 9.27. The van der Waals surface area contributed by atoms with E-state index < -0.39 is 9.84 Å². The minimum Gasteiger partial charge on any atom is -0.308 e. The van der Waals surface area contributed by atoms with Crippen molar-refractivity contribution >= 4 is 25.8 Å². The van der Waals surface area contributed by atoms with Crippen LogP contribution in [0.5, 0.6) is 0 Å². The third kappa shape index (κ3) is 5.58. The SMILES string of the molecule is CC(CS(C)(=O)=O)NCc1ccc(Br)cn1. The molecule has 0 aromatic carbocycles. The first-order valence-electron chi connectivity index (χ1n) is 4.88. The van der Waals surface area contributed by atoms with Crippen LogP contribution in [0.25, 0.3) is 0 Å². The van der Waals surface area contributed by atoms with Crippen LogP contribution in [-0.4, -0.2) is 31.5 Å². The molecule has 6 heteroatoms. The smallest absolute Gasteiger partial charge is 0.148 e. The van der Waals surface area contributed by atoms with Crippen molar-refractivity contribution in [3.8, 4) is 0 Å². The van der Waals surface area contributed by atoms with Crippen molar-refractivity contribution in [1.29, 1.82) is 0 Å². The number of nitrogens with zero attached hydrogens (tertiary/aromatic N) is 1. The van der Waals surface area contributed by atoms with Gasteiger partial charge in [-0.05, 0) is 35.0 Å². The Morgan fingerprint density at radius 2 is 2.19 bits per heavy atom. The lowest BCUT2D eigenvalue weighted by Gasteiger charge is -2.11. The zero-order chi connectivity index (χ0) is 12.2. The lowest BCUT2D eigenvalue weighted by Crippen LogP contribution is -2.32. The van der Waals surface area contributed by atoms with Crippen LogP contribution in [0.15, 0.2) is 22.8 Å². The predicted octanol–water partition coefficient (Wildman–Crippen LogP) is 1.37. The highest BCUT2D eigenvalue weighted by Crippen LogP contribution is 2.07. The second-order valence-electron chi connectivity index (χ2n) is 3.84. The summed E-state index contributed by atoms with van der Waals surface area (Å²) in [5, 5.41) is 3.12. The Morgan fingerprint density at radius 1 is 1.50 bits per heavy atom. The Labute approximate surface area is 105 Å². The van der Waals surface area contributed by atoms with E-state index in [4.69, 9.17) is 0 Å². The number of pyridine rings is 1. The van der Waals surface area contributed by atoms with Crippen LogP contribution in [0.1, 0.15) is 12.6 Å². The molecule has 0 fully saturated rings. The molecule has 4 nitrogen and oxygen atoms in total. The van der Waals surface area contributed by atoms with Gasteiger partial charge in [-0.2, -0.15) is 0 Å². The van der Waals surface area contributed by atoms with Crippen molar-refractivity contribution < 1.29 is 8.42 Å². The minimum atomic E-state index is -2.92. The van der Waals surface area contributed by atoms with Crippen molar-refractivity contribution in [2.45, 2.75) is 19.5 Å². The summed E-state index contributed by atoms with van der Waals surface area (Å²) in [6, 6.07) is 3.73. The molecule has 0 bridgehead atoms. The molecule has 0 aliphatic heterocycles. The third-order valence-corrected chi connectivity index (χ3v) is 3.55. The van der Waals surface area contributed by atoms with Gasteiger partial charge >= 0.3 is 0 Å². The van der Waals surface area contributed by atoms with Crippen LogP contribution in [0.3, 0.4) is 0 Å². The molecule has 1 atom stereocenters. The number of rotatable bonds is 5. The van der Waals surface area contributed by atoms with Gasteiger partial charge in [-0.25, -0.2) is 8.42 Å². The highest BCUT2D eigenvalue weighted by Gasteiger charge is 2.09. The van der Waals surface area contributed by atoms with Crippen molar-refractivity contribution in [3.63, 3.8) is 0 Å². The van der Waals surface area contributed by atoms with Gasteiger partial charge in [0, 0.05) is 29.5 Å². The van der Waals surface area contributed by atoms with Gasteiger partial charge in [0.25, 0.3) is 0 Å². The largest absolute Gasteiger partial charge is 0.308 e. The molecule has 0 aliphatic carbocycles. The fourth-order valence-corrected chi connectivity index (χ4v) is 2.56. The molecule has 1 aromatic rings. The Morgan fingerprint density at radius 3 is 2.69 bits per heavy atom. The van der Waals surface area contributed by atoms with Crippen molar-refractivity contribution in [2.24, 2.45) is 0 Å². The summed E-state index contributed by atoms with van der Waals surface area (Å²) in [6.07, 6.45) is 2.96. The summed E-state index contributed by atoms with van der Waals surface area (Å²) < 4.78 is 23.0. The molecular formula is C10H15BrN2O2S. The van der Waals surface area contributed by atoms with Crippen LogP contribution < -0.4 is 5.32 Å². The van der Waals surface area contributed by atoms with E-state index in [1.807, 2.05) is 19.1 Å². The summed E-state index contributed by atoms with van der Waals surface area (Å²) in [5.74, 6) is 0.142. The van der Waals surface area contributed by atoms with E-state index in [0.717, 1.165) is 10.2 Å². The van der Waals surface area contributed by atoms with Gasteiger partial charge in [0.1, 0.15) is 9.84 Å². The van der Waals surface area contributed by atoms with Crippen molar-refractivity contribution in [3.05, 3.63) is 28.5 Å². The molecule has 90 valence electrons. The lowest BCUT2D eigenvalue weighted by atomic mass is 10.3. The molecular weight excluding hydrogens is 292 g/mol. The molecule has 1 unspecified atom stereocenters. The Kier molecular flexibility index (Phi) is 4.89. The second-order valence-corrected chi connectivity index (χ2v) is 6.94. The second kappa shape index (κ2) is 5.75. The summed E-state index contributed by atoms with van der Waals surface area (Å²) in [6.45, 7) is 2.42. The molecule has 16 heavy (non-hydrogen) atoms. The molecule has 1 N–H and O–H groups in total. The molecule has 0 spiro atoms. The number of sulfone groups is 1. The maximum atomic E-state index is 11.0. The van der Waals surface area contributed by atoms with Gasteiger partial charge in [0.05, 0.1) is 11.4 Å². The lowest BCUT2D eigenvalue weighted by molar-refractivity contribution is 0.556. The number of nitrogens with one attached hydrogen (secondary N) is 1. The van der Waals surface area contributed by atoms with Gasteiger partial charge in [0.2, 0.25) is 0 Å². The maximum Gasteiger partial charge on any atom is 0.148 e. The van der Waals surface area contributed by atoms with E-state index in [-0.39, 0.29) is 11.8 Å². The minimum absolute atomic E-state index is 0.0690. The van der Waals surface area contributed by atoms with E-state index in [1.165, 1.54) is 6.26 Å². The Hall–Kier alpha value is -0.460. The van der Waals surface area contributed by atoms with Gasteiger partial charge < -0.3 is 5.32 Å². The topological polar surface area (TPSA) is 59.1 Å². The summed E-state index contributed by atoms with van der Waals surface area (Å²) in [5.41, 5.74) is 0.892. The summed E-state index contributed by atoms with van der Waals surface area (Å²) in [7, 11) is -2.92. The van der Waals surface area contributed by atoms with Crippen molar-refractivity contribution in [1.82, 2.24) is 10.3 Å². The van der Waals surface area contributed by atoms with Gasteiger partial charge in [-0.1, -0.05) is 0 Å².